The van der Waals surface area contributed by atoms with Gasteiger partial charge in [0.15, 0.2) is 0 Å². The Kier molecular flexibility index (Phi) is 5.03. The highest BCUT2D eigenvalue weighted by molar-refractivity contribution is 5.90. The first-order chi connectivity index (χ1) is 12.1. The molecule has 2 aromatic carbocycles. The van der Waals surface area contributed by atoms with Gasteiger partial charge in [0.25, 0.3) is 0 Å². The molecule has 0 fully saturated rings. The lowest BCUT2D eigenvalue weighted by Crippen LogP contribution is -2.09. The van der Waals surface area contributed by atoms with Gasteiger partial charge in [0.05, 0.1) is 30.3 Å². The number of methoxy groups -OCH3 is 1. The third-order valence-electron chi connectivity index (χ3n) is 4.25. The van der Waals surface area contributed by atoms with E-state index in [-0.39, 0.29) is 5.97 Å². The van der Waals surface area contributed by atoms with Gasteiger partial charge in [-0.3, -0.25) is 0 Å². The summed E-state index contributed by atoms with van der Waals surface area (Å²) in [6.45, 7) is 5.05. The summed E-state index contributed by atoms with van der Waals surface area (Å²) in [5.74, 6) is 1.33. The van der Waals surface area contributed by atoms with Gasteiger partial charge in [0.1, 0.15) is 11.6 Å². The molecule has 0 unspecified atom stereocenters. The second-order valence-electron chi connectivity index (χ2n) is 5.97. The maximum absolute atomic E-state index is 12.2. The highest BCUT2D eigenvalue weighted by Gasteiger charge is 2.11. The van der Waals surface area contributed by atoms with Gasteiger partial charge in [0, 0.05) is 6.54 Å². The summed E-state index contributed by atoms with van der Waals surface area (Å²) in [6, 6.07) is 13.4. The molecule has 0 saturated carbocycles. The Hall–Kier alpha value is -2.82. The largest absolute Gasteiger partial charge is 0.496 e. The smallest absolute Gasteiger partial charge is 0.338 e. The first kappa shape index (κ1) is 17.0. The Balaban J connectivity index is 1.58. The van der Waals surface area contributed by atoms with E-state index < -0.39 is 0 Å². The number of hydrogen-bond acceptors (Lipinski definition) is 4. The van der Waals surface area contributed by atoms with E-state index in [4.69, 9.17) is 9.47 Å². The maximum Gasteiger partial charge on any atom is 0.338 e. The van der Waals surface area contributed by atoms with Crippen LogP contribution in [0, 0.1) is 13.8 Å². The van der Waals surface area contributed by atoms with Crippen LogP contribution in [0.4, 0.5) is 0 Å². The van der Waals surface area contributed by atoms with Crippen LogP contribution in [0.1, 0.15) is 28.2 Å². The number of imidazole rings is 1. The first-order valence-corrected chi connectivity index (χ1v) is 8.34. The number of rotatable bonds is 6. The van der Waals surface area contributed by atoms with E-state index in [1.807, 2.05) is 38.1 Å². The Morgan fingerprint density at radius 3 is 2.76 bits per heavy atom. The zero-order chi connectivity index (χ0) is 17.8. The number of aromatic nitrogens is 2. The van der Waals surface area contributed by atoms with Crippen LogP contribution in [0.2, 0.25) is 0 Å². The number of nitrogens with zero attached hydrogens (tertiary/aromatic N) is 2. The molecule has 0 bridgehead atoms. The predicted octanol–water partition coefficient (Wildman–Crippen LogP) is 3.91. The molecule has 0 N–H and O–H groups in total. The van der Waals surface area contributed by atoms with Crippen LogP contribution < -0.4 is 4.74 Å². The van der Waals surface area contributed by atoms with Crippen molar-refractivity contribution in [2.24, 2.45) is 0 Å². The maximum atomic E-state index is 12.2. The molecule has 0 saturated heterocycles. The molecule has 0 aliphatic rings. The molecule has 0 amide bonds. The Morgan fingerprint density at radius 2 is 1.96 bits per heavy atom. The zero-order valence-corrected chi connectivity index (χ0v) is 14.8. The van der Waals surface area contributed by atoms with Gasteiger partial charge in [-0.1, -0.05) is 18.2 Å². The predicted molar refractivity (Wildman–Crippen MR) is 97.1 cm³/mol. The fourth-order valence-corrected chi connectivity index (χ4v) is 2.90. The van der Waals surface area contributed by atoms with Gasteiger partial charge in [-0.15, -0.1) is 0 Å². The number of ether oxygens (including phenoxy) is 2. The molecule has 0 radical (unpaired) electrons. The van der Waals surface area contributed by atoms with Crippen molar-refractivity contribution in [3.63, 3.8) is 0 Å². The first-order valence-electron chi connectivity index (χ1n) is 8.34. The number of fused-ring (bicyclic) bond motifs is 1. The fraction of sp³-hybridized carbons (Fsp3) is 0.300. The summed E-state index contributed by atoms with van der Waals surface area (Å²) in [5, 5.41) is 0. The Morgan fingerprint density at radius 1 is 1.16 bits per heavy atom. The van der Waals surface area contributed by atoms with E-state index in [9.17, 15) is 4.79 Å². The van der Waals surface area contributed by atoms with Crippen LogP contribution in [0.25, 0.3) is 11.0 Å². The number of carbonyl (C=O) groups is 1. The van der Waals surface area contributed by atoms with E-state index in [1.54, 1.807) is 19.2 Å². The number of benzene rings is 2. The van der Waals surface area contributed by atoms with Crippen LogP contribution in [0.3, 0.4) is 0 Å². The Bertz CT molecular complexity index is 899. The SMILES string of the molecule is COc1cc(C(=O)OCCCn2c(C)nc3ccccc32)ccc1C. The number of aryl methyl sites for hydroxylation is 3. The minimum Gasteiger partial charge on any atom is -0.496 e. The highest BCUT2D eigenvalue weighted by Crippen LogP contribution is 2.20. The zero-order valence-electron chi connectivity index (χ0n) is 14.8. The molecule has 1 heterocycles. The summed E-state index contributed by atoms with van der Waals surface area (Å²) in [7, 11) is 1.59. The minimum atomic E-state index is -0.328. The van der Waals surface area contributed by atoms with Gasteiger partial charge in [-0.25, -0.2) is 9.78 Å². The lowest BCUT2D eigenvalue weighted by Gasteiger charge is -2.09. The van der Waals surface area contributed by atoms with Crippen molar-refractivity contribution in [3.05, 3.63) is 59.4 Å². The average molecular weight is 338 g/mol. The molecule has 130 valence electrons. The molecule has 0 spiro atoms. The molecule has 0 aliphatic carbocycles. The van der Waals surface area contributed by atoms with E-state index in [2.05, 4.69) is 15.6 Å². The third kappa shape index (κ3) is 3.65. The van der Waals surface area contributed by atoms with E-state index >= 15 is 0 Å². The monoisotopic (exact) mass is 338 g/mol. The molecular weight excluding hydrogens is 316 g/mol. The normalized spacial score (nSPS) is 10.8. The number of para-hydroxylation sites is 2. The second-order valence-corrected chi connectivity index (χ2v) is 5.97. The van der Waals surface area contributed by atoms with Crippen molar-refractivity contribution in [1.29, 1.82) is 0 Å². The summed E-state index contributed by atoms with van der Waals surface area (Å²) in [4.78, 5) is 16.7. The molecule has 0 aliphatic heterocycles. The van der Waals surface area contributed by atoms with E-state index in [1.165, 1.54) is 0 Å². The van der Waals surface area contributed by atoms with Crippen molar-refractivity contribution in [2.75, 3.05) is 13.7 Å². The van der Waals surface area contributed by atoms with Gasteiger partial charge < -0.3 is 14.0 Å². The van der Waals surface area contributed by atoms with Crippen molar-refractivity contribution >= 4 is 17.0 Å². The van der Waals surface area contributed by atoms with Crippen LogP contribution in [-0.2, 0) is 11.3 Å². The van der Waals surface area contributed by atoms with Gasteiger partial charge >= 0.3 is 5.97 Å². The molecule has 3 rings (SSSR count). The van der Waals surface area contributed by atoms with Crippen molar-refractivity contribution in [3.8, 4) is 5.75 Å². The molecule has 3 aromatic rings. The highest BCUT2D eigenvalue weighted by atomic mass is 16.5. The fourth-order valence-electron chi connectivity index (χ4n) is 2.90. The van der Waals surface area contributed by atoms with Crippen molar-refractivity contribution in [1.82, 2.24) is 9.55 Å². The Labute approximate surface area is 147 Å². The van der Waals surface area contributed by atoms with Crippen LogP contribution in [0.15, 0.2) is 42.5 Å². The summed E-state index contributed by atoms with van der Waals surface area (Å²) in [5.41, 5.74) is 3.59. The molecule has 25 heavy (non-hydrogen) atoms. The quantitative estimate of drug-likeness (QED) is 0.505. The van der Waals surface area contributed by atoms with Crippen LogP contribution >= 0.6 is 0 Å². The molecule has 5 nitrogen and oxygen atoms in total. The van der Waals surface area contributed by atoms with Gasteiger partial charge in [0.2, 0.25) is 0 Å². The van der Waals surface area contributed by atoms with Crippen LogP contribution in [0.5, 0.6) is 5.75 Å². The minimum absolute atomic E-state index is 0.328. The summed E-state index contributed by atoms with van der Waals surface area (Å²) in [6.07, 6.45) is 0.732. The van der Waals surface area contributed by atoms with Crippen molar-refractivity contribution in [2.45, 2.75) is 26.8 Å². The van der Waals surface area contributed by atoms with E-state index in [0.717, 1.165) is 35.4 Å². The lowest BCUT2D eigenvalue weighted by molar-refractivity contribution is 0.0496. The number of carbonyl (C=O) groups excluding carboxylic acids is 1. The van der Waals surface area contributed by atoms with Crippen molar-refractivity contribution < 1.29 is 14.3 Å². The van der Waals surface area contributed by atoms with Crippen LogP contribution in [-0.4, -0.2) is 29.2 Å². The standard InChI is InChI=1S/C20H22N2O3/c1-14-9-10-16(13-19(14)24-3)20(23)25-12-6-11-22-15(2)21-17-7-4-5-8-18(17)22/h4-5,7-10,13H,6,11-12H2,1-3H3. The van der Waals surface area contributed by atoms with E-state index in [0.29, 0.717) is 17.9 Å². The number of esters is 1. The second kappa shape index (κ2) is 7.38. The molecule has 0 atom stereocenters. The summed E-state index contributed by atoms with van der Waals surface area (Å²) >= 11 is 0. The topological polar surface area (TPSA) is 53.4 Å². The molecule has 5 heteroatoms. The molecule has 1 aromatic heterocycles. The van der Waals surface area contributed by atoms with Gasteiger partial charge in [-0.05, 0) is 50.1 Å². The van der Waals surface area contributed by atoms with Gasteiger partial charge in [-0.2, -0.15) is 0 Å². The third-order valence-corrected chi connectivity index (χ3v) is 4.25. The summed E-state index contributed by atoms with van der Waals surface area (Å²) < 4.78 is 12.8. The number of hydrogen-bond donors (Lipinski definition) is 0. The lowest BCUT2D eigenvalue weighted by atomic mass is 10.1. The average Bonchev–Trinajstić information content (AvgIpc) is 2.94. The molecular formula is C20H22N2O3.